The van der Waals surface area contributed by atoms with Gasteiger partial charge < -0.3 is 10.6 Å². The molecule has 2 nitrogen and oxygen atoms in total. The molecule has 1 aliphatic carbocycles. The molecule has 1 heterocycles. The van der Waals surface area contributed by atoms with Gasteiger partial charge in [0.15, 0.2) is 0 Å². The van der Waals surface area contributed by atoms with Crippen molar-refractivity contribution in [2.45, 2.75) is 52.9 Å². The van der Waals surface area contributed by atoms with Crippen LogP contribution in [0.25, 0.3) is 0 Å². The molecule has 2 rings (SSSR count). The molecule has 1 atom stereocenters. The molecular formula is C15H30N2. The predicted molar refractivity (Wildman–Crippen MR) is 74.0 cm³/mol. The van der Waals surface area contributed by atoms with Gasteiger partial charge in [0.2, 0.25) is 0 Å². The first-order valence-electron chi connectivity index (χ1n) is 7.35. The van der Waals surface area contributed by atoms with Crippen molar-refractivity contribution in [3.8, 4) is 0 Å². The first kappa shape index (κ1) is 13.4. The minimum atomic E-state index is 0.397. The third-order valence-corrected chi connectivity index (χ3v) is 5.10. The Kier molecular flexibility index (Phi) is 3.84. The average Bonchev–Trinajstić information content (AvgIpc) is 2.65. The maximum Gasteiger partial charge on any atom is 0.00480 e. The minimum Gasteiger partial charge on any atom is -0.330 e. The molecule has 1 aliphatic heterocycles. The maximum atomic E-state index is 5.87. The summed E-state index contributed by atoms with van der Waals surface area (Å²) < 4.78 is 0. The lowest BCUT2D eigenvalue weighted by atomic mass is 9.73. The summed E-state index contributed by atoms with van der Waals surface area (Å²) in [5, 5.41) is 0. The van der Waals surface area contributed by atoms with Gasteiger partial charge in [0.25, 0.3) is 0 Å². The Morgan fingerprint density at radius 3 is 2.29 bits per heavy atom. The summed E-state index contributed by atoms with van der Waals surface area (Å²) in [6, 6.07) is 0. The second-order valence-corrected chi connectivity index (χ2v) is 7.61. The Balaban J connectivity index is 1.76. The van der Waals surface area contributed by atoms with Crippen molar-refractivity contribution in [1.29, 1.82) is 0 Å². The Labute approximate surface area is 107 Å². The largest absolute Gasteiger partial charge is 0.330 e. The molecule has 2 aliphatic rings. The average molecular weight is 238 g/mol. The molecule has 1 saturated heterocycles. The molecule has 2 N–H and O–H groups in total. The lowest BCUT2D eigenvalue weighted by Gasteiger charge is -2.36. The van der Waals surface area contributed by atoms with Crippen molar-refractivity contribution in [3.05, 3.63) is 0 Å². The predicted octanol–water partition coefficient (Wildman–Crippen LogP) is 2.87. The van der Waals surface area contributed by atoms with Crippen molar-refractivity contribution >= 4 is 0 Å². The number of nitrogens with zero attached hydrogens (tertiary/aromatic N) is 1. The van der Waals surface area contributed by atoms with E-state index in [1.54, 1.807) is 0 Å². The summed E-state index contributed by atoms with van der Waals surface area (Å²) >= 11 is 0. The van der Waals surface area contributed by atoms with E-state index in [-0.39, 0.29) is 0 Å². The molecule has 100 valence electrons. The minimum absolute atomic E-state index is 0.397. The van der Waals surface area contributed by atoms with Crippen LogP contribution in [-0.2, 0) is 0 Å². The van der Waals surface area contributed by atoms with Gasteiger partial charge in [-0.2, -0.15) is 0 Å². The van der Waals surface area contributed by atoms with E-state index in [0.717, 1.165) is 12.5 Å². The highest BCUT2D eigenvalue weighted by molar-refractivity contribution is 4.89. The van der Waals surface area contributed by atoms with Crippen molar-refractivity contribution in [2.24, 2.45) is 22.5 Å². The van der Waals surface area contributed by atoms with Crippen molar-refractivity contribution in [2.75, 3.05) is 26.2 Å². The summed E-state index contributed by atoms with van der Waals surface area (Å²) in [7, 11) is 0. The monoisotopic (exact) mass is 238 g/mol. The van der Waals surface area contributed by atoms with Crippen LogP contribution in [0.15, 0.2) is 0 Å². The number of hydrogen-bond donors (Lipinski definition) is 1. The first-order chi connectivity index (χ1) is 7.92. The number of likely N-dealkylation sites (tertiary alicyclic amines) is 1. The summed E-state index contributed by atoms with van der Waals surface area (Å²) in [5.74, 6) is 0.947. The molecule has 1 unspecified atom stereocenters. The Morgan fingerprint density at radius 1 is 1.12 bits per heavy atom. The number of nitrogens with two attached hydrogens (primary N) is 1. The third kappa shape index (κ3) is 3.45. The van der Waals surface area contributed by atoms with E-state index in [4.69, 9.17) is 5.73 Å². The Hall–Kier alpha value is -0.0800. The van der Waals surface area contributed by atoms with Crippen molar-refractivity contribution in [1.82, 2.24) is 4.90 Å². The van der Waals surface area contributed by atoms with Crippen LogP contribution in [0, 0.1) is 16.7 Å². The van der Waals surface area contributed by atoms with Gasteiger partial charge in [-0.05, 0) is 61.9 Å². The van der Waals surface area contributed by atoms with Crippen LogP contribution in [0.1, 0.15) is 52.9 Å². The van der Waals surface area contributed by atoms with Gasteiger partial charge in [0, 0.05) is 13.1 Å². The molecule has 17 heavy (non-hydrogen) atoms. The van der Waals surface area contributed by atoms with Gasteiger partial charge in [-0.25, -0.2) is 0 Å². The van der Waals surface area contributed by atoms with E-state index in [0.29, 0.717) is 10.8 Å². The summed E-state index contributed by atoms with van der Waals surface area (Å²) in [6.07, 6.45) is 6.99. The molecule has 0 aromatic heterocycles. The molecule has 2 heteroatoms. The molecule has 0 amide bonds. The molecule has 2 fully saturated rings. The van der Waals surface area contributed by atoms with Crippen molar-refractivity contribution in [3.63, 3.8) is 0 Å². The Bertz CT molecular complexity index is 252. The van der Waals surface area contributed by atoms with Gasteiger partial charge in [0.1, 0.15) is 0 Å². The second-order valence-electron chi connectivity index (χ2n) is 7.61. The first-order valence-corrected chi connectivity index (χ1v) is 7.35. The van der Waals surface area contributed by atoms with Crippen LogP contribution in [-0.4, -0.2) is 31.1 Å². The highest BCUT2D eigenvalue weighted by Gasteiger charge is 2.34. The van der Waals surface area contributed by atoms with E-state index >= 15 is 0 Å². The number of hydrogen-bond acceptors (Lipinski definition) is 2. The molecule has 0 spiro atoms. The van der Waals surface area contributed by atoms with Gasteiger partial charge in [-0.3, -0.25) is 0 Å². The standard InChI is InChI=1S/C15H30N2/c1-14(2)6-4-13(5-7-14)10-17-9-8-15(3,11-16)12-17/h13H,4-12,16H2,1-3H3. The molecule has 0 radical (unpaired) electrons. The van der Waals surface area contributed by atoms with E-state index in [2.05, 4.69) is 25.7 Å². The van der Waals surface area contributed by atoms with Gasteiger partial charge in [0.05, 0.1) is 0 Å². The fraction of sp³-hybridized carbons (Fsp3) is 1.00. The zero-order chi connectivity index (χ0) is 12.5. The summed E-state index contributed by atoms with van der Waals surface area (Å²) in [5.41, 5.74) is 6.87. The zero-order valence-corrected chi connectivity index (χ0v) is 12.0. The Morgan fingerprint density at radius 2 is 1.76 bits per heavy atom. The van der Waals surface area contributed by atoms with E-state index < -0.39 is 0 Å². The normalized spacial score (nSPS) is 35.3. The molecule has 0 bridgehead atoms. The molecule has 0 aromatic rings. The smallest absolute Gasteiger partial charge is 0.00480 e. The fourth-order valence-electron chi connectivity index (χ4n) is 3.46. The highest BCUT2D eigenvalue weighted by Crippen LogP contribution is 2.39. The van der Waals surface area contributed by atoms with E-state index in [1.807, 2.05) is 0 Å². The van der Waals surface area contributed by atoms with E-state index in [1.165, 1.54) is 51.7 Å². The van der Waals surface area contributed by atoms with Crippen LogP contribution in [0.2, 0.25) is 0 Å². The van der Waals surface area contributed by atoms with Gasteiger partial charge in [-0.1, -0.05) is 20.8 Å². The van der Waals surface area contributed by atoms with Gasteiger partial charge >= 0.3 is 0 Å². The lowest BCUT2D eigenvalue weighted by Crippen LogP contribution is -2.35. The SMILES string of the molecule is CC1(C)CCC(CN2CCC(C)(CN)C2)CC1. The van der Waals surface area contributed by atoms with Crippen LogP contribution in [0.5, 0.6) is 0 Å². The second kappa shape index (κ2) is 4.89. The lowest BCUT2D eigenvalue weighted by molar-refractivity contribution is 0.150. The highest BCUT2D eigenvalue weighted by atomic mass is 15.2. The van der Waals surface area contributed by atoms with Gasteiger partial charge in [-0.15, -0.1) is 0 Å². The topological polar surface area (TPSA) is 29.3 Å². The maximum absolute atomic E-state index is 5.87. The quantitative estimate of drug-likeness (QED) is 0.819. The van der Waals surface area contributed by atoms with Crippen LogP contribution >= 0.6 is 0 Å². The third-order valence-electron chi connectivity index (χ3n) is 5.10. The van der Waals surface area contributed by atoms with Crippen LogP contribution in [0.3, 0.4) is 0 Å². The fourth-order valence-corrected chi connectivity index (χ4v) is 3.46. The van der Waals surface area contributed by atoms with E-state index in [9.17, 15) is 0 Å². The zero-order valence-electron chi connectivity index (χ0n) is 12.0. The van der Waals surface area contributed by atoms with Crippen LogP contribution in [0.4, 0.5) is 0 Å². The number of rotatable bonds is 3. The summed E-state index contributed by atoms with van der Waals surface area (Å²) in [6.45, 7) is 11.9. The molecule has 0 aromatic carbocycles. The van der Waals surface area contributed by atoms with Crippen molar-refractivity contribution < 1.29 is 0 Å². The van der Waals surface area contributed by atoms with Crippen LogP contribution < -0.4 is 5.73 Å². The molecular weight excluding hydrogens is 208 g/mol. The summed E-state index contributed by atoms with van der Waals surface area (Å²) in [4.78, 5) is 2.66. The molecule has 1 saturated carbocycles.